The third kappa shape index (κ3) is 4.35. The Bertz CT molecular complexity index is 379. The predicted octanol–water partition coefficient (Wildman–Crippen LogP) is 0.764. The van der Waals surface area contributed by atoms with Crippen LogP contribution in [-0.2, 0) is 24.0 Å². The third-order valence-corrected chi connectivity index (χ3v) is 3.04. The van der Waals surface area contributed by atoms with E-state index in [4.69, 9.17) is 9.94 Å². The lowest BCUT2D eigenvalue weighted by Gasteiger charge is -2.25. The van der Waals surface area contributed by atoms with Crippen molar-refractivity contribution >= 4 is 23.4 Å². The Labute approximate surface area is 110 Å². The number of carboxylic acid groups (broad SMARTS) is 1. The molecule has 1 N–H and O–H groups in total. The van der Waals surface area contributed by atoms with Gasteiger partial charge in [0.1, 0.15) is 6.10 Å². The highest BCUT2D eigenvalue weighted by Gasteiger charge is 2.28. The van der Waals surface area contributed by atoms with Crippen LogP contribution < -0.4 is 0 Å². The van der Waals surface area contributed by atoms with Crippen LogP contribution in [0.5, 0.6) is 0 Å². The normalized spacial score (nSPS) is 23.6. The Hall–Kier alpha value is -1.92. The molecule has 1 aliphatic rings. The highest BCUT2D eigenvalue weighted by molar-refractivity contribution is 6.63. The summed E-state index contributed by atoms with van der Waals surface area (Å²) in [6.45, 7) is 1.12. The molecule has 0 saturated heterocycles. The van der Waals surface area contributed by atoms with Crippen LogP contribution in [0.4, 0.5) is 0 Å². The standard InChI is InChI=1S/C12H17NO6/c1-7(14)10(11(15)16)13-19-9-5-3-8(4-6-9)12(17)18-2/h8-9H,3-6H2,1-2H3,(H,15,16)/b13-10+. The zero-order valence-electron chi connectivity index (χ0n) is 10.9. The fourth-order valence-corrected chi connectivity index (χ4v) is 1.95. The average Bonchev–Trinajstić information content (AvgIpc) is 2.38. The Morgan fingerprint density at radius 1 is 1.16 bits per heavy atom. The van der Waals surface area contributed by atoms with Crippen molar-refractivity contribution < 1.29 is 29.1 Å². The molecule has 1 fully saturated rings. The number of ketones is 1. The molecule has 0 radical (unpaired) electrons. The van der Waals surface area contributed by atoms with E-state index >= 15 is 0 Å². The van der Waals surface area contributed by atoms with E-state index in [-0.39, 0.29) is 18.0 Å². The second-order valence-corrected chi connectivity index (χ2v) is 4.40. The number of Topliss-reactive ketones (excluding diaryl/α,β-unsaturated/α-hetero) is 1. The van der Waals surface area contributed by atoms with Crippen LogP contribution in [0.1, 0.15) is 32.6 Å². The van der Waals surface area contributed by atoms with E-state index in [0.717, 1.165) is 6.92 Å². The fraction of sp³-hybridized carbons (Fsp3) is 0.667. The van der Waals surface area contributed by atoms with Gasteiger partial charge >= 0.3 is 11.9 Å². The molecule has 1 aliphatic carbocycles. The van der Waals surface area contributed by atoms with Gasteiger partial charge in [0.25, 0.3) is 0 Å². The molecule has 0 spiro atoms. The number of ether oxygens (including phenoxy) is 1. The van der Waals surface area contributed by atoms with E-state index in [1.165, 1.54) is 7.11 Å². The van der Waals surface area contributed by atoms with Crippen LogP contribution in [0.3, 0.4) is 0 Å². The number of methoxy groups -OCH3 is 1. The molecule has 0 aromatic heterocycles. The second-order valence-electron chi connectivity index (χ2n) is 4.40. The van der Waals surface area contributed by atoms with Crippen LogP contribution in [0.25, 0.3) is 0 Å². The maximum Gasteiger partial charge on any atom is 0.361 e. The van der Waals surface area contributed by atoms with Crippen molar-refractivity contribution in [3.05, 3.63) is 0 Å². The Kier molecular flexibility index (Phi) is 5.47. The largest absolute Gasteiger partial charge is 0.476 e. The molecular weight excluding hydrogens is 254 g/mol. The highest BCUT2D eigenvalue weighted by Crippen LogP contribution is 2.27. The van der Waals surface area contributed by atoms with Gasteiger partial charge in [0, 0.05) is 6.92 Å². The summed E-state index contributed by atoms with van der Waals surface area (Å²) in [6, 6.07) is 0. The number of oxime groups is 1. The Morgan fingerprint density at radius 3 is 2.16 bits per heavy atom. The van der Waals surface area contributed by atoms with E-state index in [1.54, 1.807) is 0 Å². The van der Waals surface area contributed by atoms with E-state index < -0.39 is 17.5 Å². The number of aliphatic carboxylic acids is 1. The number of carbonyl (C=O) groups is 3. The lowest BCUT2D eigenvalue weighted by Crippen LogP contribution is -2.27. The van der Waals surface area contributed by atoms with Gasteiger partial charge in [-0.15, -0.1) is 0 Å². The molecule has 0 aliphatic heterocycles. The topological polar surface area (TPSA) is 102 Å². The van der Waals surface area contributed by atoms with Gasteiger partial charge in [-0.3, -0.25) is 9.59 Å². The molecule has 0 heterocycles. The van der Waals surface area contributed by atoms with Crippen molar-refractivity contribution in [1.29, 1.82) is 0 Å². The molecule has 7 nitrogen and oxygen atoms in total. The van der Waals surface area contributed by atoms with Crippen molar-refractivity contribution in [2.75, 3.05) is 7.11 Å². The van der Waals surface area contributed by atoms with Gasteiger partial charge in [-0.25, -0.2) is 4.79 Å². The van der Waals surface area contributed by atoms with Crippen molar-refractivity contribution in [2.45, 2.75) is 38.7 Å². The smallest absolute Gasteiger partial charge is 0.361 e. The van der Waals surface area contributed by atoms with E-state index in [1.807, 2.05) is 0 Å². The first-order valence-electron chi connectivity index (χ1n) is 6.01. The van der Waals surface area contributed by atoms with Gasteiger partial charge in [-0.05, 0) is 25.7 Å². The number of esters is 1. The molecule has 0 amide bonds. The minimum absolute atomic E-state index is 0.138. The predicted molar refractivity (Wildman–Crippen MR) is 64.6 cm³/mol. The summed E-state index contributed by atoms with van der Waals surface area (Å²) in [5.41, 5.74) is -0.616. The highest BCUT2D eigenvalue weighted by atomic mass is 16.6. The number of hydrogen-bond donors (Lipinski definition) is 1. The van der Waals surface area contributed by atoms with Crippen LogP contribution in [0.15, 0.2) is 5.16 Å². The minimum Gasteiger partial charge on any atom is -0.476 e. The van der Waals surface area contributed by atoms with E-state index in [2.05, 4.69) is 9.89 Å². The zero-order valence-corrected chi connectivity index (χ0v) is 10.9. The SMILES string of the molecule is COC(=O)C1CCC(O/N=C(\C(C)=O)C(=O)O)CC1. The summed E-state index contributed by atoms with van der Waals surface area (Å²) >= 11 is 0. The molecule has 1 saturated carbocycles. The first-order valence-corrected chi connectivity index (χ1v) is 6.01. The number of hydrogen-bond acceptors (Lipinski definition) is 6. The lowest BCUT2D eigenvalue weighted by molar-refractivity contribution is -0.147. The lowest BCUT2D eigenvalue weighted by atomic mass is 9.87. The summed E-state index contributed by atoms with van der Waals surface area (Å²) < 4.78 is 4.66. The van der Waals surface area contributed by atoms with Crippen molar-refractivity contribution in [3.8, 4) is 0 Å². The molecule has 19 heavy (non-hydrogen) atoms. The summed E-state index contributed by atoms with van der Waals surface area (Å²) in [4.78, 5) is 38.1. The van der Waals surface area contributed by atoms with Crippen molar-refractivity contribution in [3.63, 3.8) is 0 Å². The third-order valence-electron chi connectivity index (χ3n) is 3.04. The van der Waals surface area contributed by atoms with Gasteiger partial charge in [-0.2, -0.15) is 0 Å². The molecule has 7 heteroatoms. The molecular formula is C12H17NO6. The van der Waals surface area contributed by atoms with Crippen LogP contribution in [0.2, 0.25) is 0 Å². The molecule has 0 atom stereocenters. The van der Waals surface area contributed by atoms with Crippen molar-refractivity contribution in [2.24, 2.45) is 11.1 Å². The maximum atomic E-state index is 11.3. The Morgan fingerprint density at radius 2 is 1.74 bits per heavy atom. The van der Waals surface area contributed by atoms with Crippen LogP contribution in [0, 0.1) is 5.92 Å². The summed E-state index contributed by atoms with van der Waals surface area (Å²) in [5.74, 6) is -2.44. The van der Waals surface area contributed by atoms with Gasteiger partial charge in [0.05, 0.1) is 13.0 Å². The summed E-state index contributed by atoms with van der Waals surface area (Å²) in [5, 5.41) is 12.1. The second kappa shape index (κ2) is 6.86. The molecule has 1 rings (SSSR count). The van der Waals surface area contributed by atoms with Gasteiger partial charge in [0.2, 0.25) is 5.71 Å². The van der Waals surface area contributed by atoms with Gasteiger partial charge in [-0.1, -0.05) is 5.16 Å². The van der Waals surface area contributed by atoms with Gasteiger partial charge in [0.15, 0.2) is 5.78 Å². The quantitative estimate of drug-likeness (QED) is 0.343. The molecule has 106 valence electrons. The zero-order chi connectivity index (χ0) is 14.4. The molecule has 0 bridgehead atoms. The number of nitrogens with zero attached hydrogens (tertiary/aromatic N) is 1. The summed E-state index contributed by atoms with van der Waals surface area (Å²) in [7, 11) is 1.35. The van der Waals surface area contributed by atoms with Crippen LogP contribution in [-0.4, -0.2) is 41.8 Å². The molecule has 0 aromatic carbocycles. The first-order chi connectivity index (χ1) is 8.95. The summed E-state index contributed by atoms with van der Waals surface area (Å²) in [6.07, 6.45) is 2.10. The van der Waals surface area contributed by atoms with E-state index in [0.29, 0.717) is 25.7 Å². The molecule has 0 unspecified atom stereocenters. The number of carbonyl (C=O) groups excluding carboxylic acids is 2. The van der Waals surface area contributed by atoms with Gasteiger partial charge < -0.3 is 14.7 Å². The van der Waals surface area contributed by atoms with E-state index in [9.17, 15) is 14.4 Å². The number of carboxylic acids is 1. The monoisotopic (exact) mass is 271 g/mol. The average molecular weight is 271 g/mol. The number of rotatable bonds is 5. The first kappa shape index (κ1) is 15.1. The fourth-order valence-electron chi connectivity index (χ4n) is 1.95. The maximum absolute atomic E-state index is 11.3. The van der Waals surface area contributed by atoms with Crippen molar-refractivity contribution in [1.82, 2.24) is 0 Å². The Balaban J connectivity index is 2.49. The van der Waals surface area contributed by atoms with Crippen LogP contribution >= 0.6 is 0 Å². The minimum atomic E-state index is -1.41. The molecule has 0 aromatic rings.